The number of hydrogen-bond acceptors (Lipinski definition) is 3. The van der Waals surface area contributed by atoms with Crippen molar-refractivity contribution in [3.63, 3.8) is 0 Å². The molecule has 4 aromatic carbocycles. The fourth-order valence-electron chi connectivity index (χ4n) is 2.91. The number of hydrogen-bond donors (Lipinski definition) is 0. The first kappa shape index (κ1) is 17.6. The zero-order chi connectivity index (χ0) is 19.2. The normalized spacial score (nSPS) is 10.3. The van der Waals surface area contributed by atoms with Crippen LogP contribution in [-0.2, 0) is 0 Å². The standard InChI is InChI=1S/C25H18O3/c26-25(27-23-15-11-21(12-16-23)19-7-3-1-4-8-19)28-24-17-13-22(14-18-24)20-9-5-2-6-10-20/h1-18H. The van der Waals surface area contributed by atoms with Crippen molar-refractivity contribution in [3.05, 3.63) is 109 Å². The molecule has 0 spiro atoms. The van der Waals surface area contributed by atoms with Crippen LogP contribution in [0.15, 0.2) is 109 Å². The van der Waals surface area contributed by atoms with Crippen molar-refractivity contribution in [2.45, 2.75) is 0 Å². The van der Waals surface area contributed by atoms with E-state index in [1.165, 1.54) is 0 Å². The molecule has 136 valence electrons. The highest BCUT2D eigenvalue weighted by Crippen LogP contribution is 2.24. The largest absolute Gasteiger partial charge is 0.519 e. The van der Waals surface area contributed by atoms with Crippen LogP contribution in [0.5, 0.6) is 11.5 Å². The minimum absolute atomic E-state index is 0.436. The predicted molar refractivity (Wildman–Crippen MR) is 110 cm³/mol. The number of carbonyl (C=O) groups is 1. The first-order valence-electron chi connectivity index (χ1n) is 8.98. The van der Waals surface area contributed by atoms with Gasteiger partial charge in [0.25, 0.3) is 0 Å². The molecule has 0 aliphatic carbocycles. The highest BCUT2D eigenvalue weighted by molar-refractivity contribution is 5.70. The Hall–Kier alpha value is -3.85. The van der Waals surface area contributed by atoms with Crippen molar-refractivity contribution < 1.29 is 14.3 Å². The van der Waals surface area contributed by atoms with Gasteiger partial charge < -0.3 is 9.47 Å². The molecule has 0 N–H and O–H groups in total. The Morgan fingerprint density at radius 1 is 0.429 bits per heavy atom. The van der Waals surface area contributed by atoms with E-state index in [-0.39, 0.29) is 0 Å². The summed E-state index contributed by atoms with van der Waals surface area (Å²) in [4.78, 5) is 12.0. The maximum absolute atomic E-state index is 12.0. The van der Waals surface area contributed by atoms with E-state index in [0.717, 1.165) is 22.3 Å². The molecule has 0 saturated heterocycles. The van der Waals surface area contributed by atoms with Crippen LogP contribution in [0.2, 0.25) is 0 Å². The average Bonchev–Trinajstić information content (AvgIpc) is 2.76. The Bertz CT molecular complexity index is 951. The molecule has 3 nitrogen and oxygen atoms in total. The Morgan fingerprint density at radius 3 is 1.11 bits per heavy atom. The highest BCUT2D eigenvalue weighted by atomic mass is 16.7. The third-order valence-corrected chi connectivity index (χ3v) is 4.33. The summed E-state index contributed by atoms with van der Waals surface area (Å²) in [6, 6.07) is 34.7. The molecule has 3 heteroatoms. The molecule has 0 aliphatic rings. The smallest absolute Gasteiger partial charge is 0.395 e. The molecule has 0 heterocycles. The third kappa shape index (κ3) is 4.27. The van der Waals surface area contributed by atoms with Gasteiger partial charge in [0.05, 0.1) is 0 Å². The van der Waals surface area contributed by atoms with Crippen molar-refractivity contribution >= 4 is 6.16 Å². The molecule has 0 aromatic heterocycles. The van der Waals surface area contributed by atoms with Gasteiger partial charge >= 0.3 is 6.16 Å². The topological polar surface area (TPSA) is 35.5 Å². The van der Waals surface area contributed by atoms with E-state index < -0.39 is 6.16 Å². The summed E-state index contributed by atoms with van der Waals surface area (Å²) in [5.41, 5.74) is 4.32. The van der Waals surface area contributed by atoms with Gasteiger partial charge in [-0.3, -0.25) is 0 Å². The zero-order valence-electron chi connectivity index (χ0n) is 15.1. The Morgan fingerprint density at radius 2 is 0.750 bits per heavy atom. The number of benzene rings is 4. The van der Waals surface area contributed by atoms with Crippen molar-refractivity contribution in [2.24, 2.45) is 0 Å². The van der Waals surface area contributed by atoms with E-state index in [4.69, 9.17) is 9.47 Å². The molecule has 0 unspecified atom stereocenters. The van der Waals surface area contributed by atoms with Crippen LogP contribution in [0, 0.1) is 0 Å². The molecule has 28 heavy (non-hydrogen) atoms. The summed E-state index contributed by atoms with van der Waals surface area (Å²) in [6.45, 7) is 0. The van der Waals surface area contributed by atoms with Crippen molar-refractivity contribution in [1.82, 2.24) is 0 Å². The maximum Gasteiger partial charge on any atom is 0.519 e. The molecule has 4 aromatic rings. The molecule has 0 aliphatic heterocycles. The lowest BCUT2D eigenvalue weighted by atomic mass is 10.1. The first-order valence-corrected chi connectivity index (χ1v) is 8.98. The summed E-state index contributed by atoms with van der Waals surface area (Å²) in [5.74, 6) is 0.871. The van der Waals surface area contributed by atoms with Crippen molar-refractivity contribution in [3.8, 4) is 33.8 Å². The fraction of sp³-hybridized carbons (Fsp3) is 0. The maximum atomic E-state index is 12.0. The minimum Gasteiger partial charge on any atom is -0.395 e. The lowest BCUT2D eigenvalue weighted by Crippen LogP contribution is -2.13. The van der Waals surface area contributed by atoms with E-state index in [1.54, 1.807) is 24.3 Å². The Balaban J connectivity index is 1.38. The lowest BCUT2D eigenvalue weighted by Gasteiger charge is -2.08. The van der Waals surface area contributed by atoms with Crippen LogP contribution >= 0.6 is 0 Å². The monoisotopic (exact) mass is 366 g/mol. The van der Waals surface area contributed by atoms with Crippen molar-refractivity contribution in [2.75, 3.05) is 0 Å². The summed E-state index contributed by atoms with van der Waals surface area (Å²) >= 11 is 0. The zero-order valence-corrected chi connectivity index (χ0v) is 15.1. The van der Waals surface area contributed by atoms with E-state index in [9.17, 15) is 4.79 Å². The second-order valence-corrected chi connectivity index (χ2v) is 6.23. The van der Waals surface area contributed by atoms with Crippen LogP contribution in [0.25, 0.3) is 22.3 Å². The molecular formula is C25H18O3. The fourth-order valence-corrected chi connectivity index (χ4v) is 2.91. The second-order valence-electron chi connectivity index (χ2n) is 6.23. The van der Waals surface area contributed by atoms with E-state index >= 15 is 0 Å². The number of rotatable bonds is 4. The van der Waals surface area contributed by atoms with Crippen LogP contribution < -0.4 is 9.47 Å². The number of carbonyl (C=O) groups excluding carboxylic acids is 1. The molecule has 0 atom stereocenters. The van der Waals surface area contributed by atoms with Gasteiger partial charge in [0, 0.05) is 0 Å². The minimum atomic E-state index is -0.764. The molecule has 0 radical (unpaired) electrons. The molecular weight excluding hydrogens is 348 g/mol. The van der Waals surface area contributed by atoms with Gasteiger partial charge in [-0.15, -0.1) is 0 Å². The van der Waals surface area contributed by atoms with Gasteiger partial charge in [-0.05, 0) is 46.5 Å². The van der Waals surface area contributed by atoms with Crippen LogP contribution in [0.1, 0.15) is 0 Å². The molecule has 4 rings (SSSR count). The lowest BCUT2D eigenvalue weighted by molar-refractivity contribution is 0.152. The average molecular weight is 366 g/mol. The summed E-state index contributed by atoms with van der Waals surface area (Å²) in [7, 11) is 0. The van der Waals surface area contributed by atoms with Gasteiger partial charge in [-0.25, -0.2) is 4.79 Å². The molecule has 0 fully saturated rings. The Kier molecular flexibility index (Phi) is 5.16. The Labute approximate surface area is 163 Å². The molecule has 0 bridgehead atoms. The quantitative estimate of drug-likeness (QED) is 0.301. The van der Waals surface area contributed by atoms with E-state index in [2.05, 4.69) is 0 Å². The van der Waals surface area contributed by atoms with E-state index in [0.29, 0.717) is 11.5 Å². The number of ether oxygens (including phenoxy) is 2. The summed E-state index contributed by atoms with van der Waals surface area (Å²) in [5, 5.41) is 0. The second kappa shape index (κ2) is 8.23. The van der Waals surface area contributed by atoms with Crippen LogP contribution in [-0.4, -0.2) is 6.16 Å². The van der Waals surface area contributed by atoms with Crippen LogP contribution in [0.3, 0.4) is 0 Å². The van der Waals surface area contributed by atoms with Gasteiger partial charge in [-0.2, -0.15) is 0 Å². The molecule has 0 amide bonds. The third-order valence-electron chi connectivity index (χ3n) is 4.33. The summed E-state index contributed by atoms with van der Waals surface area (Å²) in [6.07, 6.45) is -0.764. The van der Waals surface area contributed by atoms with Gasteiger partial charge in [0.1, 0.15) is 11.5 Å². The van der Waals surface area contributed by atoms with Gasteiger partial charge in [0.15, 0.2) is 0 Å². The summed E-state index contributed by atoms with van der Waals surface area (Å²) < 4.78 is 10.5. The predicted octanol–water partition coefficient (Wildman–Crippen LogP) is 6.60. The SMILES string of the molecule is O=C(Oc1ccc(-c2ccccc2)cc1)Oc1ccc(-c2ccccc2)cc1. The van der Waals surface area contributed by atoms with Crippen molar-refractivity contribution in [1.29, 1.82) is 0 Å². The first-order chi connectivity index (χ1) is 13.8. The highest BCUT2D eigenvalue weighted by Gasteiger charge is 2.08. The van der Waals surface area contributed by atoms with Gasteiger partial charge in [-0.1, -0.05) is 84.9 Å². The van der Waals surface area contributed by atoms with Crippen LogP contribution in [0.4, 0.5) is 4.79 Å². The molecule has 0 saturated carbocycles. The van der Waals surface area contributed by atoms with E-state index in [1.807, 2.05) is 84.9 Å². The van der Waals surface area contributed by atoms with Gasteiger partial charge in [0.2, 0.25) is 0 Å².